The number of nitro groups is 1. The van der Waals surface area contributed by atoms with E-state index in [0.717, 1.165) is 9.87 Å². The van der Waals surface area contributed by atoms with Crippen LogP contribution in [0, 0.1) is 10.1 Å². The number of benzene rings is 2. The summed E-state index contributed by atoms with van der Waals surface area (Å²) in [6, 6.07) is 12.4. The van der Waals surface area contributed by atoms with E-state index < -0.39 is 20.6 Å². The Morgan fingerprint density at radius 3 is 2.42 bits per heavy atom. The normalized spacial score (nSPS) is 11.0. The Kier molecular flexibility index (Phi) is 5.35. The van der Waals surface area contributed by atoms with Crippen molar-refractivity contribution in [3.8, 4) is 0 Å². The molecule has 126 valence electrons. The second kappa shape index (κ2) is 7.27. The SMILES string of the molecule is C=CCN(c1ccccc1CC)S(=O)(=O)c1ccccc1[N+](=O)[O-]. The van der Waals surface area contributed by atoms with Gasteiger partial charge in [-0.2, -0.15) is 0 Å². The summed E-state index contributed by atoms with van der Waals surface area (Å²) in [5, 5.41) is 11.2. The third kappa shape index (κ3) is 3.30. The second-order valence-corrected chi connectivity index (χ2v) is 6.86. The minimum atomic E-state index is -4.10. The van der Waals surface area contributed by atoms with Crippen LogP contribution in [0.15, 0.2) is 66.1 Å². The smallest absolute Gasteiger partial charge is 0.262 e. The number of sulfonamides is 1. The summed E-state index contributed by atoms with van der Waals surface area (Å²) in [5.74, 6) is 0. The number of nitrogens with zero attached hydrogens (tertiary/aromatic N) is 2. The number of hydrogen-bond acceptors (Lipinski definition) is 4. The first-order valence-corrected chi connectivity index (χ1v) is 8.82. The number of para-hydroxylation sites is 2. The van der Waals surface area contributed by atoms with Crippen molar-refractivity contribution in [1.29, 1.82) is 0 Å². The van der Waals surface area contributed by atoms with Crippen LogP contribution in [0.3, 0.4) is 0 Å². The van der Waals surface area contributed by atoms with Crippen LogP contribution in [-0.2, 0) is 16.4 Å². The fourth-order valence-corrected chi connectivity index (χ4v) is 4.07. The van der Waals surface area contributed by atoms with Gasteiger partial charge in [-0.3, -0.25) is 14.4 Å². The van der Waals surface area contributed by atoms with E-state index in [0.29, 0.717) is 12.1 Å². The number of aryl methyl sites for hydroxylation is 1. The molecule has 0 atom stereocenters. The minimum absolute atomic E-state index is 0.0192. The number of anilines is 1. The Morgan fingerprint density at radius 2 is 1.79 bits per heavy atom. The van der Waals surface area contributed by atoms with Crippen LogP contribution in [0.4, 0.5) is 11.4 Å². The monoisotopic (exact) mass is 346 g/mol. The topological polar surface area (TPSA) is 80.5 Å². The zero-order valence-electron chi connectivity index (χ0n) is 13.3. The summed E-state index contributed by atoms with van der Waals surface area (Å²) in [5.41, 5.74) is 0.889. The van der Waals surface area contributed by atoms with Crippen molar-refractivity contribution in [3.63, 3.8) is 0 Å². The Balaban J connectivity index is 2.67. The highest BCUT2D eigenvalue weighted by Crippen LogP contribution is 2.31. The van der Waals surface area contributed by atoms with Crippen molar-refractivity contribution in [2.75, 3.05) is 10.8 Å². The molecule has 0 amide bonds. The standard InChI is InChI=1S/C17H18N2O4S/c1-3-13-18(15-10-6-5-9-14(15)4-2)24(22,23)17-12-8-7-11-16(17)19(20)21/h3,5-12H,1,4,13H2,2H3. The van der Waals surface area contributed by atoms with E-state index in [4.69, 9.17) is 0 Å². The van der Waals surface area contributed by atoms with Crippen molar-refractivity contribution in [2.45, 2.75) is 18.2 Å². The zero-order chi connectivity index (χ0) is 17.7. The molecule has 24 heavy (non-hydrogen) atoms. The van der Waals surface area contributed by atoms with Crippen LogP contribution in [-0.4, -0.2) is 19.9 Å². The molecule has 0 N–H and O–H groups in total. The lowest BCUT2D eigenvalue weighted by Crippen LogP contribution is -2.32. The quantitative estimate of drug-likeness (QED) is 0.436. The number of rotatable bonds is 7. The maximum absolute atomic E-state index is 13.1. The molecule has 0 saturated heterocycles. The highest BCUT2D eigenvalue weighted by atomic mass is 32.2. The lowest BCUT2D eigenvalue weighted by Gasteiger charge is -2.25. The summed E-state index contributed by atoms with van der Waals surface area (Å²) in [7, 11) is -4.10. The first-order chi connectivity index (χ1) is 11.4. The summed E-state index contributed by atoms with van der Waals surface area (Å²) in [4.78, 5) is 10.2. The Labute approximate surface area is 141 Å². The molecule has 0 saturated carbocycles. The van der Waals surface area contributed by atoms with E-state index in [1.807, 2.05) is 19.1 Å². The van der Waals surface area contributed by atoms with Crippen molar-refractivity contribution >= 4 is 21.4 Å². The maximum atomic E-state index is 13.1. The molecule has 0 aliphatic rings. The van der Waals surface area contributed by atoms with Gasteiger partial charge in [-0.05, 0) is 24.1 Å². The number of nitro benzene ring substituents is 1. The molecule has 0 fully saturated rings. The average molecular weight is 346 g/mol. The number of hydrogen-bond donors (Lipinski definition) is 0. The largest absolute Gasteiger partial charge is 0.289 e. The first-order valence-electron chi connectivity index (χ1n) is 7.38. The summed E-state index contributed by atoms with van der Waals surface area (Å²) >= 11 is 0. The summed E-state index contributed by atoms with van der Waals surface area (Å²) in [6.45, 7) is 5.54. The highest BCUT2D eigenvalue weighted by Gasteiger charge is 2.31. The van der Waals surface area contributed by atoms with Crippen molar-refractivity contribution in [1.82, 2.24) is 0 Å². The molecule has 0 aromatic heterocycles. The lowest BCUT2D eigenvalue weighted by molar-refractivity contribution is -0.387. The van der Waals surface area contributed by atoms with Crippen LogP contribution in [0.25, 0.3) is 0 Å². The second-order valence-electron chi connectivity index (χ2n) is 5.03. The predicted molar refractivity (Wildman–Crippen MR) is 93.6 cm³/mol. The third-order valence-electron chi connectivity index (χ3n) is 3.57. The fourth-order valence-electron chi connectivity index (χ4n) is 2.44. The molecule has 7 heteroatoms. The highest BCUT2D eigenvalue weighted by molar-refractivity contribution is 7.93. The molecule has 2 aromatic carbocycles. The van der Waals surface area contributed by atoms with E-state index >= 15 is 0 Å². The molecule has 2 rings (SSSR count). The van der Waals surface area contributed by atoms with Gasteiger partial charge in [0.1, 0.15) is 0 Å². The molecule has 0 spiro atoms. The first kappa shape index (κ1) is 17.7. The molecule has 0 aliphatic heterocycles. The minimum Gasteiger partial charge on any atom is -0.262 e. The Bertz CT molecular complexity index is 862. The Morgan fingerprint density at radius 1 is 1.17 bits per heavy atom. The predicted octanol–water partition coefficient (Wildman–Crippen LogP) is 3.54. The molecular formula is C17H18N2O4S. The fraction of sp³-hybridized carbons (Fsp3) is 0.176. The Hall–Kier alpha value is -2.67. The van der Waals surface area contributed by atoms with Gasteiger partial charge < -0.3 is 0 Å². The molecule has 2 aromatic rings. The van der Waals surface area contributed by atoms with Crippen molar-refractivity contribution < 1.29 is 13.3 Å². The molecule has 0 aliphatic carbocycles. The van der Waals surface area contributed by atoms with Gasteiger partial charge in [-0.1, -0.05) is 43.3 Å². The van der Waals surface area contributed by atoms with Crippen LogP contribution in [0.1, 0.15) is 12.5 Å². The van der Waals surface area contributed by atoms with Gasteiger partial charge in [0.05, 0.1) is 17.2 Å². The van der Waals surface area contributed by atoms with Gasteiger partial charge in [-0.15, -0.1) is 6.58 Å². The van der Waals surface area contributed by atoms with Crippen molar-refractivity contribution in [3.05, 3.63) is 76.9 Å². The van der Waals surface area contributed by atoms with Crippen LogP contribution >= 0.6 is 0 Å². The molecule has 6 nitrogen and oxygen atoms in total. The van der Waals surface area contributed by atoms with E-state index in [-0.39, 0.29) is 11.4 Å². The third-order valence-corrected chi connectivity index (χ3v) is 5.39. The summed E-state index contributed by atoms with van der Waals surface area (Å²) < 4.78 is 27.3. The maximum Gasteiger partial charge on any atom is 0.289 e. The molecule has 0 radical (unpaired) electrons. The van der Waals surface area contributed by atoms with E-state index in [1.54, 1.807) is 12.1 Å². The summed E-state index contributed by atoms with van der Waals surface area (Å²) in [6.07, 6.45) is 2.09. The van der Waals surface area contributed by atoms with E-state index in [2.05, 4.69) is 6.58 Å². The van der Waals surface area contributed by atoms with Crippen LogP contribution < -0.4 is 4.31 Å². The average Bonchev–Trinajstić information content (AvgIpc) is 2.59. The van der Waals surface area contributed by atoms with Gasteiger partial charge in [0.25, 0.3) is 15.7 Å². The van der Waals surface area contributed by atoms with E-state index in [9.17, 15) is 18.5 Å². The van der Waals surface area contributed by atoms with Gasteiger partial charge in [-0.25, -0.2) is 8.42 Å². The molecule has 0 bridgehead atoms. The van der Waals surface area contributed by atoms with E-state index in [1.165, 1.54) is 30.3 Å². The lowest BCUT2D eigenvalue weighted by atomic mass is 10.1. The molecular weight excluding hydrogens is 328 g/mol. The zero-order valence-corrected chi connectivity index (χ0v) is 14.1. The van der Waals surface area contributed by atoms with Crippen LogP contribution in [0.5, 0.6) is 0 Å². The van der Waals surface area contributed by atoms with Gasteiger partial charge >= 0.3 is 0 Å². The van der Waals surface area contributed by atoms with Crippen LogP contribution in [0.2, 0.25) is 0 Å². The van der Waals surface area contributed by atoms with Gasteiger partial charge in [0, 0.05) is 6.07 Å². The molecule has 0 heterocycles. The molecule has 0 unspecified atom stereocenters. The van der Waals surface area contributed by atoms with Gasteiger partial charge in [0.15, 0.2) is 4.90 Å². The van der Waals surface area contributed by atoms with Gasteiger partial charge in [0.2, 0.25) is 0 Å². The van der Waals surface area contributed by atoms with Crippen molar-refractivity contribution in [2.24, 2.45) is 0 Å².